The molecule has 0 radical (unpaired) electrons. The lowest BCUT2D eigenvalue weighted by atomic mass is 10.1. The van der Waals surface area contributed by atoms with E-state index >= 15 is 0 Å². The summed E-state index contributed by atoms with van der Waals surface area (Å²) in [6.07, 6.45) is 0. The Kier molecular flexibility index (Phi) is 32.8. The Hall–Kier alpha value is -15.2. The maximum atomic E-state index is 12.5. The number of halogens is 8. The van der Waals surface area contributed by atoms with Gasteiger partial charge < -0.3 is 89.9 Å². The smallest absolute Gasteiger partial charge is 0.261 e. The fraction of sp³-hybridized carbons (Fsp3) is 0.0789. The molecule has 8 amide bonds. The summed E-state index contributed by atoms with van der Waals surface area (Å²) in [7, 11) is 1.76. The molecule has 0 spiro atoms. The molecule has 8 N–H and O–H groups in total. The zero-order chi connectivity index (χ0) is 105. The fourth-order valence-corrected chi connectivity index (χ4v) is 18.4. The minimum Gasteiger partial charge on any atom is -0.494 e. The zero-order valence-corrected chi connectivity index (χ0v) is 92.1. The van der Waals surface area contributed by atoms with E-state index in [9.17, 15) is 38.4 Å². The van der Waals surface area contributed by atoms with Crippen LogP contribution < -0.4 is 84.7 Å². The minimum absolute atomic E-state index is 0.0688. The first-order valence-electron chi connectivity index (χ1n) is 45.4. The van der Waals surface area contributed by atoms with Crippen molar-refractivity contribution < 1.29 is 86.1 Å². The number of aliphatic hydroxyl groups is 1. The third kappa shape index (κ3) is 25.3. The standard InChI is InChI=1S/C15H12BrNO3.C15H12BrNO2.C14H7BrN2O2.C14H10BrNO3.4C14H10BrNO2/c1-2-19-10-4-6-14-12(8-10)17-15(18)11-7-9(16)3-5-13(11)20-14;1-9-3-5-14-12(7-9)17(2)15(18)11-8-10(16)4-6-13(11)19-14;1-16-9-3-5-13-11(7-9)17-14(18)10-6-8(15)2-4-12(10)19-13;15-9-2-4-12-10(6-9)14(18)16-11-5-8(7-17)1-3-13(11)19-12;1-8-2-5-12-10(6-8)14(17)16-11-4-3-9(15)7-13(11)18-12;1-8-2-4-13-11(6-8)16-14(17)10-7-9(15)3-5-12(10)18-13;1-8-2-4-11-13(6-8)18-12-5-3-9(15)7-10(12)14(17)16-11;1-8-2-4-12-10(6-8)14(17)16-11-7-9(15)3-5-13(11)18-12/h3-8H,2H2,1H3,(H,17,18);3-8H,1-2H3;2-7H,(H,17,18);1-6,17H,7H2,(H,16,18);4*2-7H,1H3,(H,16,17). The van der Waals surface area contributed by atoms with E-state index < -0.39 is 0 Å². The van der Waals surface area contributed by atoms with E-state index in [1.54, 1.807) is 133 Å². The summed E-state index contributed by atoms with van der Waals surface area (Å²) in [6.45, 7) is 19.2. The topological polar surface area (TPSA) is 332 Å². The molecule has 0 atom stereocenters. The van der Waals surface area contributed by atoms with Crippen LogP contribution in [-0.2, 0) is 6.61 Å². The van der Waals surface area contributed by atoms with Crippen LogP contribution in [0.25, 0.3) is 4.85 Å². The second kappa shape index (κ2) is 46.5. The molecule has 0 bridgehead atoms. The molecule has 8 heterocycles. The molecule has 0 aromatic heterocycles. The maximum Gasteiger partial charge on any atom is 0.261 e. The Labute approximate surface area is 921 Å². The molecule has 0 aliphatic carbocycles. The first-order chi connectivity index (χ1) is 71.6. The van der Waals surface area contributed by atoms with Crippen molar-refractivity contribution in [1.82, 2.24) is 0 Å². The molecule has 8 aliphatic heterocycles. The highest BCUT2D eigenvalue weighted by Crippen LogP contribution is 2.48. The van der Waals surface area contributed by atoms with Crippen LogP contribution in [0.15, 0.2) is 327 Å². The second-order valence-corrected chi connectivity index (χ2v) is 41.2. The van der Waals surface area contributed by atoms with Crippen molar-refractivity contribution in [2.45, 2.75) is 48.1 Å². The molecule has 16 aromatic carbocycles. The van der Waals surface area contributed by atoms with Crippen molar-refractivity contribution in [1.29, 1.82) is 0 Å². The van der Waals surface area contributed by atoms with Crippen LogP contribution >= 0.6 is 127 Å². The van der Waals surface area contributed by atoms with Gasteiger partial charge in [-0.2, -0.15) is 0 Å². The van der Waals surface area contributed by atoms with Gasteiger partial charge >= 0.3 is 0 Å². The Balaban J connectivity index is 0.000000116. The van der Waals surface area contributed by atoms with Crippen molar-refractivity contribution in [2.75, 3.05) is 55.8 Å². The molecule has 16 aromatic rings. The number of rotatable bonds is 3. The van der Waals surface area contributed by atoms with E-state index in [1.807, 2.05) is 211 Å². The van der Waals surface area contributed by atoms with Gasteiger partial charge in [-0.1, -0.05) is 181 Å². The molecule has 0 saturated heterocycles. The number of carbonyl (C=O) groups is 8. The van der Waals surface area contributed by atoms with Crippen molar-refractivity contribution in [3.05, 3.63) is 416 Å². The number of fused-ring (bicyclic) bond motifs is 16. The highest BCUT2D eigenvalue weighted by atomic mass is 79.9. The van der Waals surface area contributed by atoms with Crippen LogP contribution in [0.1, 0.15) is 123 Å². The molecular weight excluding hydrogens is 2420 g/mol. The maximum absolute atomic E-state index is 12.5. The van der Waals surface area contributed by atoms with Crippen LogP contribution in [0.4, 0.5) is 51.2 Å². The van der Waals surface area contributed by atoms with Gasteiger partial charge in [-0.25, -0.2) is 4.85 Å². The average molecular weight is 2500 g/mol. The van der Waals surface area contributed by atoms with Gasteiger partial charge in [0.2, 0.25) is 0 Å². The Morgan fingerprint density at radius 1 is 0.268 bits per heavy atom. The zero-order valence-electron chi connectivity index (χ0n) is 79.4. The van der Waals surface area contributed by atoms with Gasteiger partial charge in [0.1, 0.15) is 57.5 Å². The lowest BCUT2D eigenvalue weighted by Crippen LogP contribution is -2.25. The van der Waals surface area contributed by atoms with E-state index in [0.717, 1.165) is 74.8 Å². The Morgan fingerprint density at radius 2 is 0.537 bits per heavy atom. The van der Waals surface area contributed by atoms with E-state index in [2.05, 4.69) is 170 Å². The molecule has 35 heteroatoms. The van der Waals surface area contributed by atoms with E-state index in [4.69, 9.17) is 54.3 Å². The lowest BCUT2D eigenvalue weighted by molar-refractivity contribution is 0.0987. The van der Waals surface area contributed by atoms with Gasteiger partial charge in [-0.05, 0) is 306 Å². The number of amides is 8. The van der Waals surface area contributed by atoms with E-state index in [1.165, 1.54) is 0 Å². The number of hydrogen-bond acceptors (Lipinski definition) is 18. The van der Waals surface area contributed by atoms with Gasteiger partial charge in [0.05, 0.1) is 110 Å². The van der Waals surface area contributed by atoms with Gasteiger partial charge in [0.25, 0.3) is 47.3 Å². The number of ether oxygens (including phenoxy) is 9. The summed E-state index contributed by atoms with van der Waals surface area (Å²) in [5.74, 6) is 8.77. The molecule has 8 aliphatic rings. The summed E-state index contributed by atoms with van der Waals surface area (Å²) < 4.78 is 58.5. The first-order valence-corrected chi connectivity index (χ1v) is 51.8. The first kappa shape index (κ1) is 105. The van der Waals surface area contributed by atoms with Crippen molar-refractivity contribution in [3.63, 3.8) is 0 Å². The summed E-state index contributed by atoms with van der Waals surface area (Å²) in [6, 6.07) is 87.0. The largest absolute Gasteiger partial charge is 0.494 e. The molecule has 0 fully saturated rings. The number of nitrogens with zero attached hydrogens (tertiary/aromatic N) is 2. The van der Waals surface area contributed by atoms with E-state index in [0.29, 0.717) is 194 Å². The summed E-state index contributed by atoms with van der Waals surface area (Å²) in [4.78, 5) is 102. The SMILES string of the molecule is CCOc1ccc2c(c1)NC(=O)c1cc(Br)ccc1O2.Cc1ccc2c(c1)C(=O)Nc1cc(Br)ccc1O2.Cc1ccc2c(c1)C(=O)Nc1ccc(Br)cc1O2.Cc1ccc2c(c1)N(C)C(=O)c1cc(Br)ccc1O2.Cc1ccc2c(c1)NC(=O)c1cc(Br)ccc1O2.Cc1ccc2c(c1)Oc1ccc(Br)cc1C(=O)N2.O=C1Nc2cc(CO)ccc2Oc2ccc(Br)cc21.[C-]#[N+]c1ccc2c(c1)NC(=O)c1cc(Br)ccc1O2. The van der Waals surface area contributed by atoms with Crippen LogP contribution in [0, 0.1) is 41.2 Å². The van der Waals surface area contributed by atoms with Crippen molar-refractivity contribution in [2.24, 2.45) is 0 Å². The highest BCUT2D eigenvalue weighted by molar-refractivity contribution is 9.11. The Bertz CT molecular complexity index is 7980. The van der Waals surface area contributed by atoms with Crippen LogP contribution in [0.5, 0.6) is 97.7 Å². The summed E-state index contributed by atoms with van der Waals surface area (Å²) >= 11 is 26.9. The van der Waals surface area contributed by atoms with Gasteiger partial charge in [0.15, 0.2) is 45.9 Å². The highest BCUT2D eigenvalue weighted by Gasteiger charge is 2.32. The van der Waals surface area contributed by atoms with Gasteiger partial charge in [-0.3, -0.25) is 38.4 Å². The quantitative estimate of drug-likeness (QED) is 0.0762. The number of aliphatic hydroxyl groups excluding tert-OH is 1. The number of aryl methyl sites for hydroxylation is 5. The monoisotopic (exact) mass is 2490 g/mol. The molecule has 746 valence electrons. The third-order valence-electron chi connectivity index (χ3n) is 22.9. The average Bonchev–Trinajstić information content (AvgIpc) is 1.60. The normalized spacial score (nSPS) is 12.8. The number of nitrogens with one attached hydrogen (secondary N) is 7. The summed E-state index contributed by atoms with van der Waals surface area (Å²) in [5.41, 5.74) is 15.8. The molecule has 0 saturated carbocycles. The van der Waals surface area contributed by atoms with Gasteiger partial charge in [-0.15, -0.1) is 0 Å². The predicted molar refractivity (Wildman–Crippen MR) is 601 cm³/mol. The van der Waals surface area contributed by atoms with Gasteiger partial charge in [0, 0.05) is 48.9 Å². The van der Waals surface area contributed by atoms with Crippen LogP contribution in [0.2, 0.25) is 0 Å². The van der Waals surface area contributed by atoms with E-state index in [-0.39, 0.29) is 53.9 Å². The molecule has 149 heavy (non-hydrogen) atoms. The number of hydrogen-bond donors (Lipinski definition) is 8. The molecule has 24 rings (SSSR count). The third-order valence-corrected chi connectivity index (χ3v) is 26.8. The number of carbonyl (C=O) groups excluding carboxylic acids is 8. The number of benzene rings is 16. The predicted octanol–water partition coefficient (Wildman–Crippen LogP) is 32.5. The lowest BCUT2D eigenvalue weighted by Gasteiger charge is -2.16. The van der Waals surface area contributed by atoms with Crippen molar-refractivity contribution >= 4 is 226 Å². The molecule has 0 unspecified atom stereocenters. The Morgan fingerprint density at radius 3 is 0.960 bits per heavy atom. The fourth-order valence-electron chi connectivity index (χ4n) is 15.6. The number of anilines is 8. The second-order valence-electron chi connectivity index (χ2n) is 33.8. The summed E-state index contributed by atoms with van der Waals surface area (Å²) in [5, 5.41) is 28.9. The molecular formula is C114H81Br8N9O18. The molecule has 27 nitrogen and oxygen atoms in total. The van der Waals surface area contributed by atoms with Crippen LogP contribution in [-0.4, -0.2) is 66.0 Å². The van der Waals surface area contributed by atoms with Crippen LogP contribution in [0.3, 0.4) is 0 Å². The van der Waals surface area contributed by atoms with Crippen molar-refractivity contribution in [3.8, 4) is 97.7 Å². The minimum atomic E-state index is -0.253.